The first-order valence-corrected chi connectivity index (χ1v) is 7.35. The van der Waals surface area contributed by atoms with E-state index in [1.807, 2.05) is 30.3 Å². The zero-order valence-electron chi connectivity index (χ0n) is 11.8. The summed E-state index contributed by atoms with van der Waals surface area (Å²) in [6.07, 6.45) is 8.98. The minimum Gasteiger partial charge on any atom is -0.355 e. The summed E-state index contributed by atoms with van der Waals surface area (Å²) < 4.78 is 1.82. The van der Waals surface area contributed by atoms with Crippen LogP contribution in [0.15, 0.2) is 24.9 Å². The maximum Gasteiger partial charge on any atom is 0.143 e. The average molecular weight is 280 g/mol. The molecule has 0 radical (unpaired) electrons. The second-order valence-corrected chi connectivity index (χ2v) is 6.19. The molecule has 1 aliphatic heterocycles. The lowest BCUT2D eigenvalue weighted by Gasteiger charge is -2.19. The topological polar surface area (TPSA) is 62.6 Å². The summed E-state index contributed by atoms with van der Waals surface area (Å²) >= 11 is 0. The fraction of sp³-hybridized carbons (Fsp3) is 0.400. The molecule has 0 aromatic carbocycles. The predicted octanol–water partition coefficient (Wildman–Crippen LogP) is 1.81. The van der Waals surface area contributed by atoms with E-state index < -0.39 is 0 Å². The Morgan fingerprint density at radius 1 is 1.24 bits per heavy atom. The van der Waals surface area contributed by atoms with Crippen molar-refractivity contribution < 1.29 is 0 Å². The summed E-state index contributed by atoms with van der Waals surface area (Å²) in [6.45, 7) is 2.27. The standard InChI is InChI=1S/C15H16N6/c1-20-5-11(3-19-20)12-4-16-14-13(12)15(18-8-17-14)21-6-9-2-10(9)7-21/h3-5,8-10H,2,6-7H2,1H3,(H,16,17,18). The van der Waals surface area contributed by atoms with Gasteiger partial charge in [-0.3, -0.25) is 4.68 Å². The highest BCUT2D eigenvalue weighted by Crippen LogP contribution is 2.47. The van der Waals surface area contributed by atoms with E-state index in [1.165, 1.54) is 6.42 Å². The van der Waals surface area contributed by atoms with Crippen LogP contribution in [0.5, 0.6) is 0 Å². The van der Waals surface area contributed by atoms with Crippen molar-refractivity contribution in [2.24, 2.45) is 18.9 Å². The molecule has 0 amide bonds. The molecule has 3 aromatic heterocycles. The Labute approximate surface area is 121 Å². The number of anilines is 1. The summed E-state index contributed by atoms with van der Waals surface area (Å²) in [5, 5.41) is 5.39. The maximum absolute atomic E-state index is 4.58. The summed E-state index contributed by atoms with van der Waals surface area (Å²) in [7, 11) is 1.93. The molecule has 21 heavy (non-hydrogen) atoms. The van der Waals surface area contributed by atoms with Gasteiger partial charge in [0.2, 0.25) is 0 Å². The quantitative estimate of drug-likeness (QED) is 0.777. The van der Waals surface area contributed by atoms with Gasteiger partial charge in [0.05, 0.1) is 11.6 Å². The van der Waals surface area contributed by atoms with E-state index in [2.05, 4.69) is 25.0 Å². The van der Waals surface area contributed by atoms with Crippen molar-refractivity contribution in [3.05, 3.63) is 24.9 Å². The Hall–Kier alpha value is -2.37. The van der Waals surface area contributed by atoms with Gasteiger partial charge in [-0.05, 0) is 18.3 Å². The Morgan fingerprint density at radius 3 is 2.86 bits per heavy atom. The molecular formula is C15H16N6. The van der Waals surface area contributed by atoms with Gasteiger partial charge >= 0.3 is 0 Å². The van der Waals surface area contributed by atoms with E-state index in [4.69, 9.17) is 0 Å². The van der Waals surface area contributed by atoms with Gasteiger partial charge in [0.25, 0.3) is 0 Å². The van der Waals surface area contributed by atoms with E-state index in [-0.39, 0.29) is 0 Å². The molecule has 2 unspecified atom stereocenters. The predicted molar refractivity (Wildman–Crippen MR) is 79.9 cm³/mol. The van der Waals surface area contributed by atoms with Gasteiger partial charge < -0.3 is 9.88 Å². The third-order valence-electron chi connectivity index (χ3n) is 4.74. The number of rotatable bonds is 2. The number of hydrogen-bond acceptors (Lipinski definition) is 4. The summed E-state index contributed by atoms with van der Waals surface area (Å²) in [5.74, 6) is 2.83. The molecule has 1 N–H and O–H groups in total. The highest BCUT2D eigenvalue weighted by molar-refractivity contribution is 6.01. The van der Waals surface area contributed by atoms with E-state index in [0.717, 1.165) is 52.9 Å². The van der Waals surface area contributed by atoms with E-state index in [9.17, 15) is 0 Å². The van der Waals surface area contributed by atoms with Crippen molar-refractivity contribution in [2.75, 3.05) is 18.0 Å². The minimum atomic E-state index is 0.885. The molecule has 5 rings (SSSR count). The molecule has 0 bridgehead atoms. The zero-order chi connectivity index (χ0) is 14.0. The maximum atomic E-state index is 4.58. The van der Waals surface area contributed by atoms with Gasteiger partial charge in [0.1, 0.15) is 17.8 Å². The van der Waals surface area contributed by atoms with Crippen LogP contribution in [0.4, 0.5) is 5.82 Å². The second kappa shape index (κ2) is 3.84. The van der Waals surface area contributed by atoms with E-state index in [1.54, 1.807) is 6.33 Å². The molecule has 0 spiro atoms. The number of H-pyrrole nitrogens is 1. The van der Waals surface area contributed by atoms with Gasteiger partial charge in [0, 0.05) is 43.7 Å². The minimum absolute atomic E-state index is 0.885. The molecule has 106 valence electrons. The van der Waals surface area contributed by atoms with Crippen LogP contribution in [0.25, 0.3) is 22.2 Å². The molecule has 1 saturated carbocycles. The SMILES string of the molecule is Cn1cc(-c2c[nH]c3ncnc(N4CC5CC5C4)c23)cn1. The molecule has 2 fully saturated rings. The Kier molecular flexibility index (Phi) is 2.07. The van der Waals surface area contributed by atoms with E-state index >= 15 is 0 Å². The number of piperidine rings is 1. The first-order chi connectivity index (χ1) is 10.3. The van der Waals surface area contributed by atoms with Crippen molar-refractivity contribution in [3.8, 4) is 11.1 Å². The summed E-state index contributed by atoms with van der Waals surface area (Å²) in [6, 6.07) is 0. The average Bonchev–Trinajstić information content (AvgIpc) is 2.91. The van der Waals surface area contributed by atoms with Crippen LogP contribution in [-0.2, 0) is 7.05 Å². The van der Waals surface area contributed by atoms with Crippen LogP contribution in [0.3, 0.4) is 0 Å². The number of hydrogen-bond donors (Lipinski definition) is 1. The van der Waals surface area contributed by atoms with Crippen LogP contribution >= 0.6 is 0 Å². The van der Waals surface area contributed by atoms with Crippen LogP contribution in [0.1, 0.15) is 6.42 Å². The fourth-order valence-corrected chi connectivity index (χ4v) is 3.55. The number of aromatic amines is 1. The van der Waals surface area contributed by atoms with Crippen LogP contribution in [0.2, 0.25) is 0 Å². The summed E-state index contributed by atoms with van der Waals surface area (Å²) in [5.41, 5.74) is 3.14. The lowest BCUT2D eigenvalue weighted by atomic mass is 10.1. The number of aromatic nitrogens is 5. The lowest BCUT2D eigenvalue weighted by molar-refractivity contribution is 0.768. The highest BCUT2D eigenvalue weighted by atomic mass is 15.2. The molecule has 2 atom stereocenters. The zero-order valence-corrected chi connectivity index (χ0v) is 11.8. The Balaban J connectivity index is 1.69. The molecule has 4 heterocycles. The molecule has 6 heteroatoms. The van der Waals surface area contributed by atoms with Crippen molar-refractivity contribution in [1.29, 1.82) is 0 Å². The number of nitrogens with zero attached hydrogens (tertiary/aromatic N) is 5. The number of nitrogens with one attached hydrogen (secondary N) is 1. The van der Waals surface area contributed by atoms with Crippen molar-refractivity contribution in [1.82, 2.24) is 24.7 Å². The Morgan fingerprint density at radius 2 is 2.10 bits per heavy atom. The van der Waals surface area contributed by atoms with Crippen molar-refractivity contribution >= 4 is 16.9 Å². The van der Waals surface area contributed by atoms with Crippen LogP contribution < -0.4 is 4.90 Å². The molecule has 6 nitrogen and oxygen atoms in total. The van der Waals surface area contributed by atoms with Crippen LogP contribution in [0, 0.1) is 11.8 Å². The largest absolute Gasteiger partial charge is 0.355 e. The smallest absolute Gasteiger partial charge is 0.143 e. The van der Waals surface area contributed by atoms with Crippen molar-refractivity contribution in [3.63, 3.8) is 0 Å². The Bertz CT molecular complexity index is 822. The summed E-state index contributed by atoms with van der Waals surface area (Å²) in [4.78, 5) is 14.6. The highest BCUT2D eigenvalue weighted by Gasteiger charge is 2.45. The monoisotopic (exact) mass is 280 g/mol. The van der Waals surface area contributed by atoms with Crippen molar-refractivity contribution in [2.45, 2.75) is 6.42 Å². The third-order valence-corrected chi connectivity index (χ3v) is 4.74. The van der Waals surface area contributed by atoms with Gasteiger partial charge in [0.15, 0.2) is 0 Å². The van der Waals surface area contributed by atoms with Gasteiger partial charge in [-0.15, -0.1) is 0 Å². The molecular weight excluding hydrogens is 264 g/mol. The van der Waals surface area contributed by atoms with E-state index in [0.29, 0.717) is 0 Å². The number of fused-ring (bicyclic) bond motifs is 2. The first kappa shape index (κ1) is 11.3. The normalized spacial score (nSPS) is 23.8. The first-order valence-electron chi connectivity index (χ1n) is 7.35. The molecule has 3 aromatic rings. The molecule has 1 saturated heterocycles. The third kappa shape index (κ3) is 1.62. The molecule has 1 aliphatic carbocycles. The number of aryl methyl sites for hydroxylation is 1. The lowest BCUT2D eigenvalue weighted by Crippen LogP contribution is -2.23. The second-order valence-electron chi connectivity index (χ2n) is 6.19. The van der Waals surface area contributed by atoms with Crippen LogP contribution in [-0.4, -0.2) is 37.8 Å². The van der Waals surface area contributed by atoms with Gasteiger partial charge in [-0.2, -0.15) is 5.10 Å². The molecule has 2 aliphatic rings. The fourth-order valence-electron chi connectivity index (χ4n) is 3.55. The van der Waals surface area contributed by atoms with Gasteiger partial charge in [-0.25, -0.2) is 9.97 Å². The van der Waals surface area contributed by atoms with Gasteiger partial charge in [-0.1, -0.05) is 0 Å².